The topological polar surface area (TPSA) is 77.8 Å². The lowest BCUT2D eigenvalue weighted by molar-refractivity contribution is 0.250. The maximum atomic E-state index is 12.6. The number of phenolic OH excluding ortho intramolecular Hbond substituents is 1. The first-order valence-corrected chi connectivity index (χ1v) is 7.92. The van der Waals surface area contributed by atoms with Gasteiger partial charge in [0, 0.05) is 13.1 Å². The first-order valence-electron chi connectivity index (χ1n) is 6.48. The molecular weight excluding hydrogens is 290 g/mol. The Morgan fingerprint density at radius 1 is 0.952 bits per heavy atom. The van der Waals surface area contributed by atoms with Crippen molar-refractivity contribution in [2.75, 3.05) is 13.2 Å². The Kier molecular flexibility index (Phi) is 4.95. The van der Waals surface area contributed by atoms with Crippen LogP contribution in [-0.4, -0.2) is 36.1 Å². The van der Waals surface area contributed by atoms with Gasteiger partial charge in [0.05, 0.1) is 6.61 Å². The van der Waals surface area contributed by atoms with E-state index in [0.717, 1.165) is 9.87 Å². The molecule has 0 aromatic heterocycles. The lowest BCUT2D eigenvalue weighted by atomic mass is 10.2. The molecule has 0 radical (unpaired) electrons. The van der Waals surface area contributed by atoms with E-state index in [2.05, 4.69) is 0 Å². The Hall–Kier alpha value is -1.89. The molecule has 0 heterocycles. The lowest BCUT2D eigenvalue weighted by Crippen LogP contribution is -2.33. The highest BCUT2D eigenvalue weighted by molar-refractivity contribution is 7.89. The first-order chi connectivity index (χ1) is 10.1. The summed E-state index contributed by atoms with van der Waals surface area (Å²) in [6.45, 7) is -0.191. The van der Waals surface area contributed by atoms with Crippen LogP contribution in [0.5, 0.6) is 5.75 Å². The smallest absolute Gasteiger partial charge is 0.247 e. The van der Waals surface area contributed by atoms with E-state index < -0.39 is 10.0 Å². The molecule has 0 fully saturated rings. The highest BCUT2D eigenvalue weighted by Gasteiger charge is 2.26. The van der Waals surface area contributed by atoms with E-state index in [-0.39, 0.29) is 30.3 Å². The fourth-order valence-electron chi connectivity index (χ4n) is 2.00. The average Bonchev–Trinajstić information content (AvgIpc) is 2.48. The number of sulfonamides is 1. The minimum absolute atomic E-state index is 0.0361. The Bertz CT molecular complexity index is 686. The van der Waals surface area contributed by atoms with Crippen molar-refractivity contribution < 1.29 is 18.6 Å². The van der Waals surface area contributed by atoms with Gasteiger partial charge < -0.3 is 10.2 Å². The number of aliphatic hydroxyl groups excluding tert-OH is 1. The summed E-state index contributed by atoms with van der Waals surface area (Å²) in [7, 11) is -3.87. The number of rotatable bonds is 6. The fourth-order valence-corrected chi connectivity index (χ4v) is 3.50. The zero-order chi connectivity index (χ0) is 15.3. The van der Waals surface area contributed by atoms with Crippen molar-refractivity contribution in [2.45, 2.75) is 11.4 Å². The van der Waals surface area contributed by atoms with Gasteiger partial charge in [-0.15, -0.1) is 0 Å². The van der Waals surface area contributed by atoms with Crippen molar-refractivity contribution in [3.8, 4) is 5.75 Å². The Morgan fingerprint density at radius 3 is 2.19 bits per heavy atom. The third-order valence-corrected chi connectivity index (χ3v) is 4.93. The van der Waals surface area contributed by atoms with Crippen LogP contribution in [0.3, 0.4) is 0 Å². The molecule has 0 bridgehead atoms. The maximum Gasteiger partial charge on any atom is 0.247 e. The number of nitrogens with zero attached hydrogens (tertiary/aromatic N) is 1. The molecular formula is C15H17NO4S. The van der Waals surface area contributed by atoms with Gasteiger partial charge in [-0.3, -0.25) is 0 Å². The molecule has 0 aliphatic carbocycles. The summed E-state index contributed by atoms with van der Waals surface area (Å²) >= 11 is 0. The number of hydrogen-bond acceptors (Lipinski definition) is 4. The molecule has 0 aliphatic heterocycles. The van der Waals surface area contributed by atoms with Gasteiger partial charge in [-0.1, -0.05) is 42.5 Å². The van der Waals surface area contributed by atoms with Gasteiger partial charge in [-0.2, -0.15) is 4.31 Å². The Balaban J connectivity index is 2.35. The molecule has 112 valence electrons. The van der Waals surface area contributed by atoms with E-state index >= 15 is 0 Å². The van der Waals surface area contributed by atoms with E-state index in [0.29, 0.717) is 0 Å². The van der Waals surface area contributed by atoms with E-state index in [9.17, 15) is 13.5 Å². The second kappa shape index (κ2) is 6.71. The minimum atomic E-state index is -3.87. The van der Waals surface area contributed by atoms with Crippen LogP contribution in [0, 0.1) is 0 Å². The van der Waals surface area contributed by atoms with Crippen LogP contribution >= 0.6 is 0 Å². The fraction of sp³-hybridized carbons (Fsp3) is 0.200. The summed E-state index contributed by atoms with van der Waals surface area (Å²) in [5.74, 6) is -0.298. The average molecular weight is 307 g/mol. The van der Waals surface area contributed by atoms with Crippen LogP contribution in [-0.2, 0) is 16.6 Å². The molecule has 0 aliphatic rings. The second-order valence-electron chi connectivity index (χ2n) is 4.52. The predicted molar refractivity (Wildman–Crippen MR) is 79.2 cm³/mol. The SMILES string of the molecule is O=S(=O)(c1ccccc1O)N(CCO)Cc1ccccc1. The molecule has 2 aromatic rings. The summed E-state index contributed by atoms with van der Waals surface area (Å²) in [6.07, 6.45) is 0. The van der Waals surface area contributed by atoms with Crippen LogP contribution in [0.1, 0.15) is 5.56 Å². The molecule has 0 saturated heterocycles. The number of phenols is 1. The molecule has 0 spiro atoms. The summed E-state index contributed by atoms with van der Waals surface area (Å²) < 4.78 is 26.4. The highest BCUT2D eigenvalue weighted by Crippen LogP contribution is 2.26. The quantitative estimate of drug-likeness (QED) is 0.849. The molecule has 0 atom stereocenters. The van der Waals surface area contributed by atoms with Gasteiger partial charge in [-0.25, -0.2) is 8.42 Å². The highest BCUT2D eigenvalue weighted by atomic mass is 32.2. The number of aliphatic hydroxyl groups is 1. The van der Waals surface area contributed by atoms with Crippen LogP contribution in [0.15, 0.2) is 59.5 Å². The third kappa shape index (κ3) is 3.60. The summed E-state index contributed by atoms with van der Waals surface area (Å²) in [5.41, 5.74) is 0.810. The number of benzene rings is 2. The summed E-state index contributed by atoms with van der Waals surface area (Å²) in [5, 5.41) is 18.9. The van der Waals surface area contributed by atoms with Crippen molar-refractivity contribution >= 4 is 10.0 Å². The van der Waals surface area contributed by atoms with Gasteiger partial charge in [0.2, 0.25) is 10.0 Å². The van der Waals surface area contributed by atoms with E-state index in [4.69, 9.17) is 5.11 Å². The number of aromatic hydroxyl groups is 1. The van der Waals surface area contributed by atoms with E-state index in [1.54, 1.807) is 12.1 Å². The third-order valence-electron chi connectivity index (χ3n) is 3.03. The zero-order valence-electron chi connectivity index (χ0n) is 11.4. The molecule has 6 heteroatoms. The second-order valence-corrected chi connectivity index (χ2v) is 6.42. The largest absolute Gasteiger partial charge is 0.507 e. The molecule has 5 nitrogen and oxygen atoms in total. The zero-order valence-corrected chi connectivity index (χ0v) is 12.2. The first kappa shape index (κ1) is 15.5. The van der Waals surface area contributed by atoms with Gasteiger partial charge in [0.25, 0.3) is 0 Å². The maximum absolute atomic E-state index is 12.6. The molecule has 0 unspecified atom stereocenters. The molecule has 0 amide bonds. The van der Waals surface area contributed by atoms with Crippen molar-refractivity contribution in [1.82, 2.24) is 4.31 Å². The molecule has 2 aromatic carbocycles. The normalized spacial score (nSPS) is 11.7. The Labute approximate surface area is 124 Å². The molecule has 2 N–H and O–H groups in total. The van der Waals surface area contributed by atoms with Crippen molar-refractivity contribution in [2.24, 2.45) is 0 Å². The molecule has 21 heavy (non-hydrogen) atoms. The lowest BCUT2D eigenvalue weighted by Gasteiger charge is -2.21. The van der Waals surface area contributed by atoms with Gasteiger partial charge in [0.1, 0.15) is 10.6 Å². The predicted octanol–water partition coefficient (Wildman–Crippen LogP) is 1.58. The van der Waals surface area contributed by atoms with Crippen molar-refractivity contribution in [3.63, 3.8) is 0 Å². The van der Waals surface area contributed by atoms with Crippen molar-refractivity contribution in [1.29, 1.82) is 0 Å². The molecule has 0 saturated carbocycles. The van der Waals surface area contributed by atoms with Crippen molar-refractivity contribution in [3.05, 3.63) is 60.2 Å². The summed E-state index contributed by atoms with van der Waals surface area (Å²) in [6, 6.07) is 14.9. The van der Waals surface area contributed by atoms with E-state index in [1.807, 2.05) is 30.3 Å². The van der Waals surface area contributed by atoms with Gasteiger partial charge >= 0.3 is 0 Å². The number of hydrogen-bond donors (Lipinski definition) is 2. The van der Waals surface area contributed by atoms with Gasteiger partial charge in [-0.05, 0) is 17.7 Å². The van der Waals surface area contributed by atoms with Crippen LogP contribution in [0.2, 0.25) is 0 Å². The minimum Gasteiger partial charge on any atom is -0.507 e. The van der Waals surface area contributed by atoms with Gasteiger partial charge in [0.15, 0.2) is 0 Å². The molecule has 2 rings (SSSR count). The van der Waals surface area contributed by atoms with Crippen LogP contribution in [0.25, 0.3) is 0 Å². The monoisotopic (exact) mass is 307 g/mol. The van der Waals surface area contributed by atoms with E-state index in [1.165, 1.54) is 12.1 Å². The number of para-hydroxylation sites is 1. The standard InChI is InChI=1S/C15H17NO4S/c17-11-10-16(12-13-6-2-1-3-7-13)21(19,20)15-9-5-4-8-14(15)18/h1-9,17-18H,10-12H2. The van der Waals surface area contributed by atoms with Crippen LogP contribution in [0.4, 0.5) is 0 Å². The van der Waals surface area contributed by atoms with Crippen LogP contribution < -0.4 is 0 Å². The summed E-state index contributed by atoms with van der Waals surface area (Å²) in [4.78, 5) is -0.158. The Morgan fingerprint density at radius 2 is 1.57 bits per heavy atom.